The van der Waals surface area contributed by atoms with Crippen LogP contribution in [0.15, 0.2) is 75.9 Å². The van der Waals surface area contributed by atoms with E-state index in [1.165, 1.54) is 13.2 Å². The first-order chi connectivity index (χ1) is 16.1. The highest BCUT2D eigenvalue weighted by Gasteiger charge is 2.25. The molecule has 3 aromatic carbocycles. The first-order valence-electron chi connectivity index (χ1n) is 10.4. The largest absolute Gasteiger partial charge is 0.497 e. The van der Waals surface area contributed by atoms with Crippen molar-refractivity contribution in [3.8, 4) is 22.6 Å². The highest BCUT2D eigenvalue weighted by Crippen LogP contribution is 2.38. The van der Waals surface area contributed by atoms with E-state index < -0.39 is 11.6 Å². The van der Waals surface area contributed by atoms with Gasteiger partial charge in [-0.15, -0.1) is 0 Å². The van der Waals surface area contributed by atoms with E-state index in [2.05, 4.69) is 0 Å². The van der Waals surface area contributed by atoms with Crippen molar-refractivity contribution >= 4 is 22.6 Å². The smallest absolute Gasteiger partial charge is 0.339 e. The third-order valence-corrected chi connectivity index (χ3v) is 5.75. The van der Waals surface area contributed by atoms with Crippen LogP contribution in [0, 0.1) is 0 Å². The lowest BCUT2D eigenvalue weighted by molar-refractivity contribution is 0.0601. The summed E-state index contributed by atoms with van der Waals surface area (Å²) in [4.78, 5) is 26.7. The van der Waals surface area contributed by atoms with Crippen molar-refractivity contribution in [2.24, 2.45) is 0 Å². The maximum Gasteiger partial charge on any atom is 0.339 e. The van der Waals surface area contributed by atoms with Gasteiger partial charge in [0.15, 0.2) is 6.73 Å². The number of esters is 1. The Morgan fingerprint density at radius 2 is 1.79 bits per heavy atom. The molecule has 1 aliphatic rings. The fraction of sp³-hybridized carbons (Fsp3) is 0.154. The van der Waals surface area contributed by atoms with Crippen molar-refractivity contribution in [3.05, 3.63) is 88.3 Å². The van der Waals surface area contributed by atoms with Crippen molar-refractivity contribution in [1.82, 2.24) is 0 Å². The maximum absolute atomic E-state index is 12.5. The predicted octanol–water partition coefficient (Wildman–Crippen LogP) is 4.61. The van der Waals surface area contributed by atoms with Gasteiger partial charge >= 0.3 is 11.6 Å². The Bertz CT molecular complexity index is 1410. The number of anilines is 1. The summed E-state index contributed by atoms with van der Waals surface area (Å²) in [6, 6.07) is 20.0. The zero-order valence-electron chi connectivity index (χ0n) is 18.2. The normalized spacial score (nSPS) is 12.7. The molecule has 33 heavy (non-hydrogen) atoms. The standard InChI is InChI=1S/C26H21NO6/c1-30-17-9-7-16(8-10-17)20-13-24(28)33-25-18(20)11-12-23-21(25)14-27(15-32-23)22-6-4-3-5-19(22)26(29)31-2/h3-13H,14-15H2,1-2H3. The molecule has 0 fully saturated rings. The molecule has 0 saturated heterocycles. The molecule has 0 N–H and O–H groups in total. The highest BCUT2D eigenvalue weighted by molar-refractivity contribution is 5.97. The molecule has 7 nitrogen and oxygen atoms in total. The molecule has 4 aromatic rings. The van der Waals surface area contributed by atoms with Crippen LogP contribution in [0.4, 0.5) is 5.69 Å². The zero-order chi connectivity index (χ0) is 22.9. The molecule has 0 unspecified atom stereocenters. The van der Waals surface area contributed by atoms with Crippen LogP contribution in [0.25, 0.3) is 22.1 Å². The number of nitrogens with zero attached hydrogens (tertiary/aromatic N) is 1. The van der Waals surface area contributed by atoms with Gasteiger partial charge in [0.25, 0.3) is 0 Å². The van der Waals surface area contributed by atoms with Crippen LogP contribution in [0.1, 0.15) is 15.9 Å². The van der Waals surface area contributed by atoms with Crippen LogP contribution in [-0.4, -0.2) is 26.9 Å². The maximum atomic E-state index is 12.5. The molecule has 0 radical (unpaired) electrons. The highest BCUT2D eigenvalue weighted by atomic mass is 16.5. The second-order valence-corrected chi connectivity index (χ2v) is 7.61. The van der Waals surface area contributed by atoms with Crippen LogP contribution < -0.4 is 20.0 Å². The SMILES string of the molecule is COC(=O)c1ccccc1N1COc2ccc3c(-c4ccc(OC)cc4)cc(=O)oc3c2C1. The monoisotopic (exact) mass is 443 g/mol. The fourth-order valence-electron chi connectivity index (χ4n) is 4.13. The summed E-state index contributed by atoms with van der Waals surface area (Å²) in [6.07, 6.45) is 0. The van der Waals surface area contributed by atoms with E-state index >= 15 is 0 Å². The molecule has 7 heteroatoms. The summed E-state index contributed by atoms with van der Waals surface area (Å²) in [5.41, 5.74) is 3.51. The Balaban J connectivity index is 1.62. The van der Waals surface area contributed by atoms with Crippen molar-refractivity contribution in [3.63, 3.8) is 0 Å². The van der Waals surface area contributed by atoms with Crippen LogP contribution in [0.2, 0.25) is 0 Å². The third kappa shape index (κ3) is 3.67. The number of carbonyl (C=O) groups excluding carboxylic acids is 1. The lowest BCUT2D eigenvalue weighted by Gasteiger charge is -2.32. The summed E-state index contributed by atoms with van der Waals surface area (Å²) in [7, 11) is 2.96. The summed E-state index contributed by atoms with van der Waals surface area (Å²) in [5, 5.41) is 0.796. The van der Waals surface area contributed by atoms with Gasteiger partial charge in [0, 0.05) is 11.5 Å². The third-order valence-electron chi connectivity index (χ3n) is 5.75. The Morgan fingerprint density at radius 3 is 2.55 bits per heavy atom. The van der Waals surface area contributed by atoms with Gasteiger partial charge < -0.3 is 23.5 Å². The number of benzene rings is 3. The summed E-state index contributed by atoms with van der Waals surface area (Å²) < 4.78 is 21.8. The van der Waals surface area contributed by atoms with Gasteiger partial charge in [0.2, 0.25) is 0 Å². The molecular weight excluding hydrogens is 422 g/mol. The summed E-state index contributed by atoms with van der Waals surface area (Å²) in [6.45, 7) is 0.643. The molecule has 0 amide bonds. The molecule has 166 valence electrons. The second kappa shape index (κ2) is 8.35. The van der Waals surface area contributed by atoms with E-state index in [-0.39, 0.29) is 6.73 Å². The lowest BCUT2D eigenvalue weighted by atomic mass is 9.99. The predicted molar refractivity (Wildman–Crippen MR) is 124 cm³/mol. The van der Waals surface area contributed by atoms with Crippen LogP contribution in [0.5, 0.6) is 11.5 Å². The minimum absolute atomic E-state index is 0.245. The summed E-state index contributed by atoms with van der Waals surface area (Å²) in [5.74, 6) is 0.948. The Labute approximate surface area is 189 Å². The molecule has 0 atom stereocenters. The van der Waals surface area contributed by atoms with Crippen molar-refractivity contribution in [1.29, 1.82) is 0 Å². The van der Waals surface area contributed by atoms with Crippen molar-refractivity contribution in [2.45, 2.75) is 6.54 Å². The molecule has 0 spiro atoms. The van der Waals surface area contributed by atoms with Crippen LogP contribution >= 0.6 is 0 Å². The Kier molecular flexibility index (Phi) is 5.22. The molecule has 5 rings (SSSR count). The van der Waals surface area contributed by atoms with E-state index in [0.29, 0.717) is 29.1 Å². The number of ether oxygens (including phenoxy) is 3. The topological polar surface area (TPSA) is 78.2 Å². The molecule has 0 aliphatic carbocycles. The number of hydrogen-bond donors (Lipinski definition) is 0. The van der Waals surface area contributed by atoms with Gasteiger partial charge in [-0.1, -0.05) is 24.3 Å². The minimum Gasteiger partial charge on any atom is -0.497 e. The Hall–Kier alpha value is -4.26. The number of para-hydroxylation sites is 1. The molecule has 0 bridgehead atoms. The van der Waals surface area contributed by atoms with E-state index in [1.807, 2.05) is 53.4 Å². The van der Waals surface area contributed by atoms with Gasteiger partial charge in [-0.2, -0.15) is 0 Å². The average Bonchev–Trinajstić information content (AvgIpc) is 2.87. The van der Waals surface area contributed by atoms with Gasteiger partial charge in [-0.25, -0.2) is 9.59 Å². The van der Waals surface area contributed by atoms with E-state index in [9.17, 15) is 9.59 Å². The van der Waals surface area contributed by atoms with Crippen molar-refractivity contribution in [2.75, 3.05) is 25.9 Å². The van der Waals surface area contributed by atoms with E-state index in [4.69, 9.17) is 18.6 Å². The zero-order valence-corrected chi connectivity index (χ0v) is 18.2. The summed E-state index contributed by atoms with van der Waals surface area (Å²) >= 11 is 0. The Morgan fingerprint density at radius 1 is 1.00 bits per heavy atom. The second-order valence-electron chi connectivity index (χ2n) is 7.61. The number of hydrogen-bond acceptors (Lipinski definition) is 7. The molecular formula is C26H21NO6. The minimum atomic E-state index is -0.450. The van der Waals surface area contributed by atoms with Crippen molar-refractivity contribution < 1.29 is 23.4 Å². The lowest BCUT2D eigenvalue weighted by Crippen LogP contribution is -2.33. The quantitative estimate of drug-likeness (QED) is 0.337. The van der Waals surface area contributed by atoms with E-state index in [0.717, 1.165) is 27.8 Å². The molecule has 1 aromatic heterocycles. The van der Waals surface area contributed by atoms with Gasteiger partial charge in [0.05, 0.1) is 37.6 Å². The van der Waals surface area contributed by atoms with Gasteiger partial charge in [-0.3, -0.25) is 0 Å². The first-order valence-corrected chi connectivity index (χ1v) is 10.4. The van der Waals surface area contributed by atoms with Gasteiger partial charge in [-0.05, 0) is 47.5 Å². The molecule has 1 aliphatic heterocycles. The number of fused-ring (bicyclic) bond motifs is 3. The molecule has 0 saturated carbocycles. The van der Waals surface area contributed by atoms with Gasteiger partial charge in [0.1, 0.15) is 17.1 Å². The number of rotatable bonds is 4. The number of methoxy groups -OCH3 is 2. The molecule has 2 heterocycles. The van der Waals surface area contributed by atoms with Crippen LogP contribution in [0.3, 0.4) is 0 Å². The van der Waals surface area contributed by atoms with Crippen LogP contribution in [-0.2, 0) is 11.3 Å². The average molecular weight is 443 g/mol. The number of carbonyl (C=O) groups is 1. The first kappa shape index (κ1) is 20.6. The fourth-order valence-corrected chi connectivity index (χ4v) is 4.13. The van der Waals surface area contributed by atoms with E-state index in [1.54, 1.807) is 19.2 Å².